The molecule has 0 saturated carbocycles. The van der Waals surface area contributed by atoms with E-state index in [1.807, 2.05) is 84.9 Å². The largest absolute Gasteiger partial charge is 0.497 e. The topological polar surface area (TPSA) is 64.3 Å². The lowest BCUT2D eigenvalue weighted by molar-refractivity contribution is -0.119. The number of primary amides is 1. The van der Waals surface area contributed by atoms with Gasteiger partial charge in [0.05, 0.1) is 7.11 Å². The van der Waals surface area contributed by atoms with Crippen LogP contribution in [0.4, 0.5) is 5.69 Å². The predicted molar refractivity (Wildman–Crippen MR) is 104 cm³/mol. The highest BCUT2D eigenvalue weighted by Gasteiger charge is 2.29. The van der Waals surface area contributed by atoms with Crippen LogP contribution >= 0.6 is 0 Å². The SMILES string of the molecule is COc1ccc(C(c2ccccc2)[C@H](Nc2ccccc2)C(N)=O)cc1. The van der Waals surface area contributed by atoms with E-state index >= 15 is 0 Å². The van der Waals surface area contributed by atoms with Crippen molar-refractivity contribution in [2.45, 2.75) is 12.0 Å². The van der Waals surface area contributed by atoms with Crippen LogP contribution in [0.5, 0.6) is 5.75 Å². The summed E-state index contributed by atoms with van der Waals surface area (Å²) in [7, 11) is 1.63. The van der Waals surface area contributed by atoms with Gasteiger partial charge in [-0.3, -0.25) is 4.79 Å². The molecule has 1 amide bonds. The number of nitrogens with two attached hydrogens (primary N) is 1. The summed E-state index contributed by atoms with van der Waals surface area (Å²) in [6.07, 6.45) is 0. The molecule has 4 heteroatoms. The molecule has 3 aromatic carbocycles. The summed E-state index contributed by atoms with van der Waals surface area (Å²) in [4.78, 5) is 12.4. The van der Waals surface area contributed by atoms with E-state index in [0.717, 1.165) is 22.6 Å². The van der Waals surface area contributed by atoms with Crippen LogP contribution in [0.2, 0.25) is 0 Å². The maximum atomic E-state index is 12.4. The van der Waals surface area contributed by atoms with E-state index in [4.69, 9.17) is 10.5 Å². The lowest BCUT2D eigenvalue weighted by Gasteiger charge is -2.27. The molecule has 3 rings (SSSR count). The van der Waals surface area contributed by atoms with Gasteiger partial charge in [0.25, 0.3) is 0 Å². The summed E-state index contributed by atoms with van der Waals surface area (Å²) in [6, 6.07) is 26.7. The van der Waals surface area contributed by atoms with E-state index in [0.29, 0.717) is 0 Å². The van der Waals surface area contributed by atoms with Crippen LogP contribution in [-0.2, 0) is 4.79 Å². The molecule has 0 aromatic heterocycles. The Kier molecular flexibility index (Phi) is 5.54. The zero-order valence-corrected chi connectivity index (χ0v) is 14.6. The van der Waals surface area contributed by atoms with Crippen LogP contribution in [0.25, 0.3) is 0 Å². The molecular weight excluding hydrogens is 324 g/mol. The Labute approximate surface area is 153 Å². The number of anilines is 1. The first-order valence-corrected chi connectivity index (χ1v) is 8.49. The van der Waals surface area contributed by atoms with E-state index < -0.39 is 11.9 Å². The second-order valence-electron chi connectivity index (χ2n) is 6.05. The number of hydrogen-bond donors (Lipinski definition) is 2. The number of nitrogens with one attached hydrogen (secondary N) is 1. The molecule has 0 aliphatic heterocycles. The average molecular weight is 346 g/mol. The Morgan fingerprint density at radius 3 is 1.92 bits per heavy atom. The zero-order valence-electron chi connectivity index (χ0n) is 14.6. The number of benzene rings is 3. The maximum absolute atomic E-state index is 12.4. The van der Waals surface area contributed by atoms with Crippen molar-refractivity contribution in [3.05, 3.63) is 96.1 Å². The van der Waals surface area contributed by atoms with Crippen LogP contribution in [0.1, 0.15) is 17.0 Å². The lowest BCUT2D eigenvalue weighted by atomic mass is 9.84. The normalized spacial score (nSPS) is 12.8. The fourth-order valence-electron chi connectivity index (χ4n) is 3.08. The van der Waals surface area contributed by atoms with Crippen molar-refractivity contribution in [2.75, 3.05) is 12.4 Å². The fourth-order valence-corrected chi connectivity index (χ4v) is 3.08. The van der Waals surface area contributed by atoms with Crippen LogP contribution < -0.4 is 15.8 Å². The first-order chi connectivity index (χ1) is 12.7. The first-order valence-electron chi connectivity index (χ1n) is 8.49. The smallest absolute Gasteiger partial charge is 0.240 e. The highest BCUT2D eigenvalue weighted by molar-refractivity contribution is 5.85. The summed E-state index contributed by atoms with van der Waals surface area (Å²) in [5.41, 5.74) is 8.65. The van der Waals surface area contributed by atoms with Gasteiger partial charge in [-0.15, -0.1) is 0 Å². The first kappa shape index (κ1) is 17.5. The van der Waals surface area contributed by atoms with Crippen LogP contribution in [0.3, 0.4) is 0 Å². The minimum absolute atomic E-state index is 0.222. The molecule has 0 bridgehead atoms. The molecular formula is C22H22N2O2. The Balaban J connectivity index is 2.03. The minimum atomic E-state index is -0.590. The Morgan fingerprint density at radius 2 is 1.38 bits per heavy atom. The number of carbonyl (C=O) groups is 1. The van der Waals surface area contributed by atoms with Crippen LogP contribution in [0.15, 0.2) is 84.9 Å². The highest BCUT2D eigenvalue weighted by Crippen LogP contribution is 2.31. The van der Waals surface area contributed by atoms with Gasteiger partial charge in [-0.1, -0.05) is 60.7 Å². The molecule has 0 aliphatic carbocycles. The molecule has 0 aliphatic rings. The van der Waals surface area contributed by atoms with Crippen molar-refractivity contribution in [2.24, 2.45) is 5.73 Å². The Bertz CT molecular complexity index is 833. The van der Waals surface area contributed by atoms with Crippen molar-refractivity contribution < 1.29 is 9.53 Å². The van der Waals surface area contributed by atoms with Gasteiger partial charge in [-0.25, -0.2) is 0 Å². The van der Waals surface area contributed by atoms with Gasteiger partial charge >= 0.3 is 0 Å². The van der Waals surface area contributed by atoms with E-state index in [2.05, 4.69) is 5.32 Å². The van der Waals surface area contributed by atoms with E-state index in [1.54, 1.807) is 7.11 Å². The molecule has 132 valence electrons. The number of hydrogen-bond acceptors (Lipinski definition) is 3. The van der Waals surface area contributed by atoms with Crippen molar-refractivity contribution in [3.8, 4) is 5.75 Å². The third-order valence-electron chi connectivity index (χ3n) is 4.37. The molecule has 0 spiro atoms. The molecule has 1 unspecified atom stereocenters. The van der Waals surface area contributed by atoms with Gasteiger partial charge in [0.2, 0.25) is 5.91 Å². The summed E-state index contributed by atoms with van der Waals surface area (Å²) < 4.78 is 5.25. The molecule has 2 atom stereocenters. The third-order valence-corrected chi connectivity index (χ3v) is 4.37. The van der Waals surface area contributed by atoms with Crippen molar-refractivity contribution in [1.82, 2.24) is 0 Å². The molecule has 0 radical (unpaired) electrons. The minimum Gasteiger partial charge on any atom is -0.497 e. The van der Waals surface area contributed by atoms with Gasteiger partial charge in [-0.05, 0) is 35.4 Å². The molecule has 3 aromatic rings. The predicted octanol–water partition coefficient (Wildman–Crippen LogP) is 3.79. The fraction of sp³-hybridized carbons (Fsp3) is 0.136. The summed E-state index contributed by atoms with van der Waals surface area (Å²) >= 11 is 0. The Morgan fingerprint density at radius 1 is 0.846 bits per heavy atom. The van der Waals surface area contributed by atoms with Gasteiger partial charge in [0, 0.05) is 11.6 Å². The van der Waals surface area contributed by atoms with E-state index in [-0.39, 0.29) is 5.92 Å². The van der Waals surface area contributed by atoms with Gasteiger partial charge < -0.3 is 15.8 Å². The monoisotopic (exact) mass is 346 g/mol. The maximum Gasteiger partial charge on any atom is 0.240 e. The van der Waals surface area contributed by atoms with Gasteiger partial charge in [-0.2, -0.15) is 0 Å². The van der Waals surface area contributed by atoms with Gasteiger partial charge in [0.1, 0.15) is 11.8 Å². The molecule has 0 fully saturated rings. The summed E-state index contributed by atoms with van der Waals surface area (Å²) in [5.74, 6) is 0.144. The molecule has 0 saturated heterocycles. The number of methoxy groups -OCH3 is 1. The average Bonchev–Trinajstić information content (AvgIpc) is 2.69. The lowest BCUT2D eigenvalue weighted by Crippen LogP contribution is -2.41. The van der Waals surface area contributed by atoms with Crippen molar-refractivity contribution in [3.63, 3.8) is 0 Å². The number of rotatable bonds is 7. The highest BCUT2D eigenvalue weighted by atomic mass is 16.5. The second-order valence-corrected chi connectivity index (χ2v) is 6.05. The number of amides is 1. The van der Waals surface area contributed by atoms with E-state index in [1.165, 1.54) is 0 Å². The number of ether oxygens (including phenoxy) is 1. The summed E-state index contributed by atoms with van der Waals surface area (Å²) in [5, 5.41) is 3.30. The molecule has 3 N–H and O–H groups in total. The third kappa shape index (κ3) is 4.03. The second kappa shape index (κ2) is 8.21. The standard InChI is InChI=1S/C22H22N2O2/c1-26-19-14-12-17(13-15-19)20(16-8-4-2-5-9-16)21(22(23)25)24-18-10-6-3-7-11-18/h2-15,20-21,24H,1H3,(H2,23,25)/t20?,21-/m0/s1. The van der Waals surface area contributed by atoms with Crippen LogP contribution in [0, 0.1) is 0 Å². The van der Waals surface area contributed by atoms with Crippen LogP contribution in [-0.4, -0.2) is 19.1 Å². The Hall–Kier alpha value is -3.27. The number of carbonyl (C=O) groups excluding carboxylic acids is 1. The molecule has 4 nitrogen and oxygen atoms in total. The van der Waals surface area contributed by atoms with Gasteiger partial charge in [0.15, 0.2) is 0 Å². The van der Waals surface area contributed by atoms with Crippen molar-refractivity contribution in [1.29, 1.82) is 0 Å². The summed E-state index contributed by atoms with van der Waals surface area (Å²) in [6.45, 7) is 0. The molecule has 0 heterocycles. The quantitative estimate of drug-likeness (QED) is 0.684. The van der Waals surface area contributed by atoms with E-state index in [9.17, 15) is 4.79 Å². The number of para-hydroxylation sites is 1. The zero-order chi connectivity index (χ0) is 18.4. The molecule has 26 heavy (non-hydrogen) atoms. The van der Waals surface area contributed by atoms with Crippen molar-refractivity contribution >= 4 is 11.6 Å².